The van der Waals surface area contributed by atoms with E-state index in [2.05, 4.69) is 58.8 Å². The predicted molar refractivity (Wildman–Crippen MR) is 81.0 cm³/mol. The molecule has 1 N–H and O–H groups in total. The van der Waals surface area contributed by atoms with Gasteiger partial charge in [0, 0.05) is 12.8 Å². The topological polar surface area (TPSA) is 24.4 Å². The number of nitrogens with zero attached hydrogens (tertiary/aromatic N) is 1. The molecular formula is C15H12N2S. The Balaban J connectivity index is 2.08. The van der Waals surface area contributed by atoms with Gasteiger partial charge in [0.25, 0.3) is 0 Å². The van der Waals surface area contributed by atoms with Crippen LogP contribution in [0, 0.1) is 0 Å². The maximum atomic E-state index is 4.96. The Morgan fingerprint density at radius 2 is 1.94 bits per heavy atom. The molecule has 2 aromatic rings. The number of rotatable bonds is 1. The Labute approximate surface area is 111 Å². The van der Waals surface area contributed by atoms with Gasteiger partial charge in [0.1, 0.15) is 0 Å². The van der Waals surface area contributed by atoms with Crippen LogP contribution < -0.4 is 5.32 Å². The largest absolute Gasteiger partial charge is 0.357 e. The van der Waals surface area contributed by atoms with Crippen molar-refractivity contribution in [2.45, 2.75) is 0 Å². The highest BCUT2D eigenvalue weighted by Gasteiger charge is 2.04. The van der Waals surface area contributed by atoms with Gasteiger partial charge in [-0.25, -0.2) is 4.99 Å². The van der Waals surface area contributed by atoms with Crippen LogP contribution in [0.3, 0.4) is 0 Å². The lowest BCUT2D eigenvalue weighted by Gasteiger charge is -2.11. The van der Waals surface area contributed by atoms with Crippen LogP contribution in [0.15, 0.2) is 53.0 Å². The Kier molecular flexibility index (Phi) is 2.90. The number of thiocarbonyl (C=S) groups is 1. The summed E-state index contributed by atoms with van der Waals surface area (Å²) in [4.78, 5) is 4.11. The Morgan fingerprint density at radius 3 is 2.78 bits per heavy atom. The summed E-state index contributed by atoms with van der Waals surface area (Å²) in [6.07, 6.45) is 3.99. The smallest absolute Gasteiger partial charge is 0.192 e. The number of fused-ring (bicyclic) bond motifs is 1. The van der Waals surface area contributed by atoms with Crippen molar-refractivity contribution in [3.05, 3.63) is 53.6 Å². The molecule has 0 atom stereocenters. The van der Waals surface area contributed by atoms with Gasteiger partial charge in [-0.05, 0) is 40.2 Å². The number of benzene rings is 2. The highest BCUT2D eigenvalue weighted by Crippen LogP contribution is 2.20. The summed E-state index contributed by atoms with van der Waals surface area (Å²) >= 11 is 4.96. The molecule has 3 rings (SSSR count). The Morgan fingerprint density at radius 1 is 1.11 bits per heavy atom. The van der Waals surface area contributed by atoms with Gasteiger partial charge >= 0.3 is 0 Å². The first-order valence-electron chi connectivity index (χ1n) is 5.83. The third kappa shape index (κ3) is 2.17. The standard InChI is InChI=1S/C15H12N2S/c18-15-16-9-11(10-17-15)8-13-6-3-5-12-4-1-2-7-14(12)13/h1-9H,10H2,(H,17,18). The SMILES string of the molecule is S=C1N=CC(=Cc2cccc3ccccc23)CN1. The van der Waals surface area contributed by atoms with Crippen molar-refractivity contribution in [3.8, 4) is 0 Å². The fourth-order valence-corrected chi connectivity index (χ4v) is 2.20. The summed E-state index contributed by atoms with van der Waals surface area (Å²) in [5, 5.41) is 6.14. The Hall–Kier alpha value is -2.00. The monoisotopic (exact) mass is 252 g/mol. The average molecular weight is 252 g/mol. The predicted octanol–water partition coefficient (Wildman–Crippen LogP) is 3.18. The molecule has 0 saturated carbocycles. The van der Waals surface area contributed by atoms with Crippen molar-refractivity contribution in [1.29, 1.82) is 0 Å². The van der Waals surface area contributed by atoms with Gasteiger partial charge in [0.15, 0.2) is 5.11 Å². The van der Waals surface area contributed by atoms with E-state index in [0.717, 1.165) is 12.1 Å². The highest BCUT2D eigenvalue weighted by atomic mass is 32.1. The average Bonchev–Trinajstić information content (AvgIpc) is 2.42. The fraction of sp³-hybridized carbons (Fsp3) is 0.0667. The van der Waals surface area contributed by atoms with Gasteiger partial charge in [-0.2, -0.15) is 0 Å². The lowest BCUT2D eigenvalue weighted by molar-refractivity contribution is 1.02. The number of hydrogen-bond donors (Lipinski definition) is 1. The second-order valence-electron chi connectivity index (χ2n) is 4.20. The quantitative estimate of drug-likeness (QED) is 0.788. The molecule has 0 fully saturated rings. The van der Waals surface area contributed by atoms with Gasteiger partial charge in [-0.15, -0.1) is 0 Å². The molecule has 0 bridgehead atoms. The molecule has 0 unspecified atom stereocenters. The van der Waals surface area contributed by atoms with Crippen LogP contribution in [0.2, 0.25) is 0 Å². The van der Waals surface area contributed by atoms with Crippen LogP contribution in [-0.4, -0.2) is 17.9 Å². The molecule has 0 amide bonds. The van der Waals surface area contributed by atoms with Crippen molar-refractivity contribution in [3.63, 3.8) is 0 Å². The van der Waals surface area contributed by atoms with Crippen molar-refractivity contribution in [1.82, 2.24) is 5.32 Å². The maximum absolute atomic E-state index is 4.96. The molecule has 2 aromatic carbocycles. The zero-order valence-corrected chi connectivity index (χ0v) is 10.6. The molecule has 2 nitrogen and oxygen atoms in total. The minimum Gasteiger partial charge on any atom is -0.357 e. The molecule has 0 aliphatic carbocycles. The van der Waals surface area contributed by atoms with Crippen LogP contribution in [0.25, 0.3) is 16.8 Å². The van der Waals surface area contributed by atoms with Gasteiger partial charge in [0.2, 0.25) is 0 Å². The lowest BCUT2D eigenvalue weighted by Crippen LogP contribution is -2.26. The van der Waals surface area contributed by atoms with E-state index in [0.29, 0.717) is 5.11 Å². The summed E-state index contributed by atoms with van der Waals surface area (Å²) < 4.78 is 0. The maximum Gasteiger partial charge on any atom is 0.192 e. The second-order valence-corrected chi connectivity index (χ2v) is 4.59. The molecular weight excluding hydrogens is 240 g/mol. The van der Waals surface area contributed by atoms with E-state index < -0.39 is 0 Å². The van der Waals surface area contributed by atoms with E-state index >= 15 is 0 Å². The highest BCUT2D eigenvalue weighted by molar-refractivity contribution is 7.80. The Bertz CT molecular complexity index is 666. The zero-order chi connectivity index (χ0) is 12.4. The molecule has 18 heavy (non-hydrogen) atoms. The first-order chi connectivity index (χ1) is 8.83. The number of nitrogens with one attached hydrogen (secondary N) is 1. The van der Waals surface area contributed by atoms with Gasteiger partial charge in [-0.1, -0.05) is 42.5 Å². The molecule has 88 valence electrons. The van der Waals surface area contributed by atoms with E-state index in [1.54, 1.807) is 0 Å². The van der Waals surface area contributed by atoms with Gasteiger partial charge < -0.3 is 5.32 Å². The zero-order valence-electron chi connectivity index (χ0n) is 9.76. The van der Waals surface area contributed by atoms with Gasteiger partial charge in [0.05, 0.1) is 0 Å². The summed E-state index contributed by atoms with van der Waals surface area (Å²) in [6, 6.07) is 14.7. The van der Waals surface area contributed by atoms with E-state index in [9.17, 15) is 0 Å². The molecule has 0 spiro atoms. The minimum atomic E-state index is 0.560. The van der Waals surface area contributed by atoms with Crippen molar-refractivity contribution < 1.29 is 0 Å². The summed E-state index contributed by atoms with van der Waals surface area (Å²) in [6.45, 7) is 0.742. The molecule has 1 aliphatic rings. The lowest BCUT2D eigenvalue weighted by atomic mass is 10.0. The molecule has 0 saturated heterocycles. The molecule has 0 radical (unpaired) electrons. The van der Waals surface area contributed by atoms with E-state index in [-0.39, 0.29) is 0 Å². The van der Waals surface area contributed by atoms with Gasteiger partial charge in [-0.3, -0.25) is 0 Å². The van der Waals surface area contributed by atoms with Crippen LogP contribution in [0.1, 0.15) is 5.56 Å². The summed E-state index contributed by atoms with van der Waals surface area (Å²) in [7, 11) is 0. The van der Waals surface area contributed by atoms with E-state index in [1.807, 2.05) is 6.21 Å². The molecule has 1 heterocycles. The third-order valence-electron chi connectivity index (χ3n) is 2.96. The van der Waals surface area contributed by atoms with Crippen LogP contribution in [-0.2, 0) is 0 Å². The normalized spacial score (nSPS) is 17.1. The van der Waals surface area contributed by atoms with Crippen molar-refractivity contribution >= 4 is 40.4 Å². The summed E-state index contributed by atoms with van der Waals surface area (Å²) in [5.41, 5.74) is 2.35. The molecule has 3 heteroatoms. The van der Waals surface area contributed by atoms with Crippen LogP contribution in [0.5, 0.6) is 0 Å². The first kappa shape index (κ1) is 11.1. The number of hydrogen-bond acceptors (Lipinski definition) is 1. The molecule has 0 aromatic heterocycles. The minimum absolute atomic E-state index is 0.560. The summed E-state index contributed by atoms with van der Waals surface area (Å²) in [5.74, 6) is 0. The van der Waals surface area contributed by atoms with Crippen molar-refractivity contribution in [2.75, 3.05) is 6.54 Å². The first-order valence-corrected chi connectivity index (χ1v) is 6.24. The second kappa shape index (κ2) is 4.70. The van der Waals surface area contributed by atoms with E-state index in [4.69, 9.17) is 12.2 Å². The third-order valence-corrected chi connectivity index (χ3v) is 3.21. The molecule has 1 aliphatic heterocycles. The number of aliphatic imine (C=N–C) groups is 1. The van der Waals surface area contributed by atoms with Crippen molar-refractivity contribution in [2.24, 2.45) is 4.99 Å². The van der Waals surface area contributed by atoms with Crippen LogP contribution in [0.4, 0.5) is 0 Å². The van der Waals surface area contributed by atoms with E-state index in [1.165, 1.54) is 16.3 Å². The van der Waals surface area contributed by atoms with Crippen LogP contribution >= 0.6 is 12.2 Å². The fourth-order valence-electron chi connectivity index (χ4n) is 2.07.